The standard InChI is InChI=1S/C14H14BrFN2O/c1-19-10-4-2-9(3-5-10)8-18-14-7-12(16)11(15)6-13(14)17/h2-7,18H,8,17H2,1H3. The van der Waals surface area contributed by atoms with Crippen molar-refractivity contribution in [3.63, 3.8) is 0 Å². The monoisotopic (exact) mass is 324 g/mol. The lowest BCUT2D eigenvalue weighted by Crippen LogP contribution is -2.03. The molecule has 2 rings (SSSR count). The van der Waals surface area contributed by atoms with Crippen LogP contribution in [0.5, 0.6) is 5.75 Å². The second-order valence-electron chi connectivity index (χ2n) is 4.06. The van der Waals surface area contributed by atoms with Gasteiger partial charge in [-0.25, -0.2) is 4.39 Å². The molecule has 0 saturated carbocycles. The lowest BCUT2D eigenvalue weighted by molar-refractivity contribution is 0.414. The van der Waals surface area contributed by atoms with Crippen LogP contribution in [0.3, 0.4) is 0 Å². The van der Waals surface area contributed by atoms with E-state index in [1.165, 1.54) is 6.07 Å². The topological polar surface area (TPSA) is 47.3 Å². The summed E-state index contributed by atoms with van der Waals surface area (Å²) in [4.78, 5) is 0. The normalized spacial score (nSPS) is 10.3. The number of anilines is 2. The van der Waals surface area contributed by atoms with E-state index in [4.69, 9.17) is 10.5 Å². The van der Waals surface area contributed by atoms with Gasteiger partial charge in [0.15, 0.2) is 0 Å². The van der Waals surface area contributed by atoms with Gasteiger partial charge in [-0.1, -0.05) is 12.1 Å². The van der Waals surface area contributed by atoms with Gasteiger partial charge < -0.3 is 15.8 Å². The molecule has 0 heterocycles. The van der Waals surface area contributed by atoms with Crippen LogP contribution in [-0.2, 0) is 6.54 Å². The predicted octanol–water partition coefficient (Wildman–Crippen LogP) is 3.79. The number of nitrogen functional groups attached to an aromatic ring is 1. The fourth-order valence-corrected chi connectivity index (χ4v) is 2.02. The first-order valence-electron chi connectivity index (χ1n) is 5.71. The van der Waals surface area contributed by atoms with Gasteiger partial charge in [0, 0.05) is 12.6 Å². The summed E-state index contributed by atoms with van der Waals surface area (Å²) in [6.45, 7) is 0.565. The van der Waals surface area contributed by atoms with Crippen LogP contribution in [0.2, 0.25) is 0 Å². The molecule has 0 bridgehead atoms. The van der Waals surface area contributed by atoms with Crippen LogP contribution in [-0.4, -0.2) is 7.11 Å². The minimum Gasteiger partial charge on any atom is -0.497 e. The van der Waals surface area contributed by atoms with Crippen LogP contribution in [0, 0.1) is 5.82 Å². The average molecular weight is 325 g/mol. The van der Waals surface area contributed by atoms with E-state index < -0.39 is 0 Å². The Hall–Kier alpha value is -1.75. The molecule has 0 atom stereocenters. The van der Waals surface area contributed by atoms with E-state index in [9.17, 15) is 4.39 Å². The van der Waals surface area contributed by atoms with Crippen molar-refractivity contribution in [2.45, 2.75) is 6.54 Å². The summed E-state index contributed by atoms with van der Waals surface area (Å²) in [6, 6.07) is 10.6. The molecule has 0 fully saturated rings. The highest BCUT2D eigenvalue weighted by Gasteiger charge is 2.05. The summed E-state index contributed by atoms with van der Waals surface area (Å²) >= 11 is 3.10. The number of ether oxygens (including phenoxy) is 1. The zero-order chi connectivity index (χ0) is 13.8. The largest absolute Gasteiger partial charge is 0.497 e. The summed E-state index contributed by atoms with van der Waals surface area (Å²) in [5, 5.41) is 3.11. The molecule has 0 aliphatic heterocycles. The molecule has 0 unspecified atom stereocenters. The van der Waals surface area contributed by atoms with Crippen LogP contribution in [0.15, 0.2) is 40.9 Å². The van der Waals surface area contributed by atoms with Crippen molar-refractivity contribution in [1.82, 2.24) is 0 Å². The molecule has 3 nitrogen and oxygen atoms in total. The Morgan fingerprint density at radius 3 is 2.58 bits per heavy atom. The van der Waals surface area contributed by atoms with Crippen LogP contribution >= 0.6 is 15.9 Å². The molecule has 100 valence electrons. The Bertz CT molecular complexity index is 572. The number of nitrogens with one attached hydrogen (secondary N) is 1. The lowest BCUT2D eigenvalue weighted by Gasteiger charge is -2.10. The Kier molecular flexibility index (Phi) is 4.27. The van der Waals surface area contributed by atoms with Gasteiger partial charge in [0.2, 0.25) is 0 Å². The number of hydrogen-bond donors (Lipinski definition) is 2. The molecule has 0 aliphatic rings. The van der Waals surface area contributed by atoms with Crippen LogP contribution < -0.4 is 15.8 Å². The molecule has 2 aromatic rings. The molecular formula is C14H14BrFN2O. The third-order valence-corrected chi connectivity index (χ3v) is 3.34. The highest BCUT2D eigenvalue weighted by Crippen LogP contribution is 2.26. The van der Waals surface area contributed by atoms with Gasteiger partial charge in [-0.05, 0) is 39.7 Å². The van der Waals surface area contributed by atoms with Gasteiger partial charge in [0.25, 0.3) is 0 Å². The second kappa shape index (κ2) is 5.93. The average Bonchev–Trinajstić information content (AvgIpc) is 2.42. The molecule has 0 saturated heterocycles. The van der Waals surface area contributed by atoms with Crippen molar-refractivity contribution in [2.75, 3.05) is 18.2 Å². The van der Waals surface area contributed by atoms with Crippen molar-refractivity contribution >= 4 is 27.3 Å². The quantitative estimate of drug-likeness (QED) is 0.841. The van der Waals surface area contributed by atoms with E-state index in [-0.39, 0.29) is 5.82 Å². The van der Waals surface area contributed by atoms with Crippen LogP contribution in [0.1, 0.15) is 5.56 Å². The second-order valence-corrected chi connectivity index (χ2v) is 4.91. The maximum absolute atomic E-state index is 13.4. The number of nitrogens with two attached hydrogens (primary N) is 1. The Morgan fingerprint density at radius 1 is 1.26 bits per heavy atom. The zero-order valence-corrected chi connectivity index (χ0v) is 12.0. The number of benzene rings is 2. The first-order chi connectivity index (χ1) is 9.10. The maximum atomic E-state index is 13.4. The third kappa shape index (κ3) is 3.38. The minimum atomic E-state index is -0.341. The van der Waals surface area contributed by atoms with Gasteiger partial charge in [-0.3, -0.25) is 0 Å². The summed E-state index contributed by atoms with van der Waals surface area (Å²) in [5.41, 5.74) is 7.96. The van der Waals surface area contributed by atoms with Crippen molar-refractivity contribution in [2.24, 2.45) is 0 Å². The van der Waals surface area contributed by atoms with Crippen molar-refractivity contribution in [3.05, 3.63) is 52.3 Å². The van der Waals surface area contributed by atoms with Crippen molar-refractivity contribution < 1.29 is 9.13 Å². The lowest BCUT2D eigenvalue weighted by atomic mass is 10.2. The highest BCUT2D eigenvalue weighted by molar-refractivity contribution is 9.10. The Morgan fingerprint density at radius 2 is 1.95 bits per heavy atom. The minimum absolute atomic E-state index is 0.341. The molecule has 0 spiro atoms. The van der Waals surface area contributed by atoms with Crippen molar-refractivity contribution in [1.29, 1.82) is 0 Å². The summed E-state index contributed by atoms with van der Waals surface area (Å²) in [6.07, 6.45) is 0. The van der Waals surface area contributed by atoms with Crippen LogP contribution in [0.25, 0.3) is 0 Å². The van der Waals surface area contributed by atoms with E-state index >= 15 is 0 Å². The van der Waals surface area contributed by atoms with E-state index in [1.54, 1.807) is 13.2 Å². The van der Waals surface area contributed by atoms with Gasteiger partial charge in [-0.15, -0.1) is 0 Å². The van der Waals surface area contributed by atoms with E-state index in [0.29, 0.717) is 22.4 Å². The molecule has 5 heteroatoms. The van der Waals surface area contributed by atoms with Crippen LogP contribution in [0.4, 0.5) is 15.8 Å². The Balaban J connectivity index is 2.07. The number of halogens is 2. The molecule has 3 N–H and O–H groups in total. The highest BCUT2D eigenvalue weighted by atomic mass is 79.9. The van der Waals surface area contributed by atoms with Gasteiger partial charge >= 0.3 is 0 Å². The zero-order valence-electron chi connectivity index (χ0n) is 10.4. The van der Waals surface area contributed by atoms with E-state index in [1.807, 2.05) is 24.3 Å². The van der Waals surface area contributed by atoms with Gasteiger partial charge in [0.05, 0.1) is 23.0 Å². The molecule has 19 heavy (non-hydrogen) atoms. The SMILES string of the molecule is COc1ccc(CNc2cc(F)c(Br)cc2N)cc1. The summed E-state index contributed by atoms with van der Waals surface area (Å²) in [5.74, 6) is 0.462. The molecule has 0 aromatic heterocycles. The molecule has 2 aromatic carbocycles. The first-order valence-corrected chi connectivity index (χ1v) is 6.51. The number of methoxy groups -OCH3 is 1. The van der Waals surface area contributed by atoms with Gasteiger partial charge in [0.1, 0.15) is 11.6 Å². The van der Waals surface area contributed by atoms with Crippen molar-refractivity contribution in [3.8, 4) is 5.75 Å². The predicted molar refractivity (Wildman–Crippen MR) is 78.8 cm³/mol. The van der Waals surface area contributed by atoms with E-state index in [2.05, 4.69) is 21.2 Å². The summed E-state index contributed by atoms with van der Waals surface area (Å²) in [7, 11) is 1.62. The molecule has 0 radical (unpaired) electrons. The van der Waals surface area contributed by atoms with Gasteiger partial charge in [-0.2, -0.15) is 0 Å². The number of hydrogen-bond acceptors (Lipinski definition) is 3. The molecule has 0 amide bonds. The Labute approximate surface area is 119 Å². The summed E-state index contributed by atoms with van der Waals surface area (Å²) < 4.78 is 18.9. The fraction of sp³-hybridized carbons (Fsp3) is 0.143. The smallest absolute Gasteiger partial charge is 0.139 e. The fourth-order valence-electron chi connectivity index (χ4n) is 1.66. The van der Waals surface area contributed by atoms with E-state index in [0.717, 1.165) is 11.3 Å². The number of rotatable bonds is 4. The first kappa shape index (κ1) is 13.7. The molecular weight excluding hydrogens is 311 g/mol. The maximum Gasteiger partial charge on any atom is 0.139 e. The third-order valence-electron chi connectivity index (χ3n) is 2.73. The molecule has 0 aliphatic carbocycles.